The zero-order chi connectivity index (χ0) is 13.0. The number of esters is 1. The van der Waals surface area contributed by atoms with Crippen LogP contribution in [-0.4, -0.2) is 17.4 Å². The third kappa shape index (κ3) is 4.23. The first kappa shape index (κ1) is 14.9. The van der Waals surface area contributed by atoms with E-state index >= 15 is 0 Å². The average Bonchev–Trinajstić information content (AvgIpc) is 2.23. The average molecular weight is 388 g/mol. The lowest BCUT2D eigenvalue weighted by Crippen LogP contribution is -2.20. The van der Waals surface area contributed by atoms with Crippen molar-refractivity contribution in [1.82, 2.24) is 0 Å². The van der Waals surface area contributed by atoms with Crippen molar-refractivity contribution in [2.45, 2.75) is 18.2 Å². The number of halogens is 4. The second-order valence-corrected chi connectivity index (χ2v) is 5.64. The van der Waals surface area contributed by atoms with Crippen molar-refractivity contribution in [3.8, 4) is 0 Å². The van der Waals surface area contributed by atoms with Crippen LogP contribution in [0.5, 0.6) is 0 Å². The van der Waals surface area contributed by atoms with Crippen LogP contribution in [0.1, 0.15) is 12.5 Å². The normalized spacial score (nSPS) is 12.3. The first-order chi connectivity index (χ1) is 7.95. The number of carbonyl (C=O) groups is 1. The van der Waals surface area contributed by atoms with E-state index in [-0.39, 0.29) is 11.0 Å². The van der Waals surface area contributed by atoms with Crippen molar-refractivity contribution < 1.29 is 13.9 Å². The largest absolute Gasteiger partial charge is 0.465 e. The van der Waals surface area contributed by atoms with Gasteiger partial charge in [0.15, 0.2) is 0 Å². The molecule has 0 spiro atoms. The van der Waals surface area contributed by atoms with Gasteiger partial charge in [0, 0.05) is 9.50 Å². The highest BCUT2D eigenvalue weighted by atomic mass is 79.9. The van der Waals surface area contributed by atoms with Gasteiger partial charge in [-0.1, -0.05) is 43.5 Å². The third-order valence-electron chi connectivity index (χ3n) is 2.03. The minimum absolute atomic E-state index is 0.283. The zero-order valence-corrected chi connectivity index (χ0v) is 12.9. The molecule has 1 atom stereocenters. The van der Waals surface area contributed by atoms with Gasteiger partial charge in [-0.15, -0.1) is 0 Å². The van der Waals surface area contributed by atoms with E-state index in [2.05, 4.69) is 31.9 Å². The van der Waals surface area contributed by atoms with E-state index < -0.39 is 10.6 Å². The summed E-state index contributed by atoms with van der Waals surface area (Å²) in [5.74, 6) is -0.785. The van der Waals surface area contributed by atoms with E-state index in [4.69, 9.17) is 16.3 Å². The first-order valence-corrected chi connectivity index (χ1v) is 6.98. The number of rotatable bonds is 4. The number of ether oxygens (including phenoxy) is 1. The lowest BCUT2D eigenvalue weighted by molar-refractivity contribution is -0.142. The minimum Gasteiger partial charge on any atom is -0.465 e. The highest BCUT2D eigenvalue weighted by molar-refractivity contribution is 9.10. The van der Waals surface area contributed by atoms with Gasteiger partial charge in [0.2, 0.25) is 0 Å². The Balaban J connectivity index is 2.85. The van der Waals surface area contributed by atoms with Crippen molar-refractivity contribution in [1.29, 1.82) is 0 Å². The van der Waals surface area contributed by atoms with Crippen molar-refractivity contribution >= 4 is 49.4 Å². The number of benzene rings is 1. The maximum atomic E-state index is 13.0. The molecular formula is C11H10Br2ClFO2. The summed E-state index contributed by atoms with van der Waals surface area (Å²) >= 11 is 12.4. The van der Waals surface area contributed by atoms with Gasteiger partial charge in [0.1, 0.15) is 10.6 Å². The molecule has 0 fully saturated rings. The summed E-state index contributed by atoms with van der Waals surface area (Å²) in [6.45, 7) is 2.05. The molecule has 1 rings (SSSR count). The summed E-state index contributed by atoms with van der Waals surface area (Å²) in [5.41, 5.74) is 0.669. The molecule has 6 heteroatoms. The van der Waals surface area contributed by atoms with Gasteiger partial charge in [-0.3, -0.25) is 4.79 Å². The van der Waals surface area contributed by atoms with E-state index in [0.29, 0.717) is 23.1 Å². The van der Waals surface area contributed by atoms with E-state index in [1.165, 1.54) is 12.1 Å². The van der Waals surface area contributed by atoms with Crippen LogP contribution in [0.25, 0.3) is 0 Å². The fourth-order valence-corrected chi connectivity index (χ4v) is 2.71. The molecule has 0 saturated carbocycles. The lowest BCUT2D eigenvalue weighted by Gasteiger charge is -2.12. The van der Waals surface area contributed by atoms with Crippen LogP contribution in [0.15, 0.2) is 16.6 Å². The zero-order valence-electron chi connectivity index (χ0n) is 8.97. The Bertz CT molecular complexity index is 403. The molecule has 2 nitrogen and oxygen atoms in total. The standard InChI is InChI=1S/C11H10Br2ClFO2/c1-2-17-11(16)9(13)5-7-8(12)3-6(15)4-10(7)14/h3-4,9H,2,5H2,1H3. The molecule has 17 heavy (non-hydrogen) atoms. The molecule has 0 aromatic heterocycles. The van der Waals surface area contributed by atoms with Gasteiger partial charge in [0.25, 0.3) is 0 Å². The first-order valence-electron chi connectivity index (χ1n) is 4.89. The van der Waals surface area contributed by atoms with E-state index in [1.54, 1.807) is 6.92 Å². The molecule has 0 N–H and O–H groups in total. The maximum Gasteiger partial charge on any atom is 0.320 e. The summed E-state index contributed by atoms with van der Waals surface area (Å²) in [7, 11) is 0. The highest BCUT2D eigenvalue weighted by Gasteiger charge is 2.20. The SMILES string of the molecule is CCOC(=O)C(Br)Cc1c(Cl)cc(F)cc1Br. The van der Waals surface area contributed by atoms with Crippen LogP contribution in [0.2, 0.25) is 5.02 Å². The Hall–Kier alpha value is -0.130. The fraction of sp³-hybridized carbons (Fsp3) is 0.364. The molecule has 1 aromatic carbocycles. The Morgan fingerprint density at radius 1 is 1.59 bits per heavy atom. The van der Waals surface area contributed by atoms with Crippen LogP contribution in [0.3, 0.4) is 0 Å². The summed E-state index contributed by atoms with van der Waals surface area (Å²) in [6, 6.07) is 2.53. The summed E-state index contributed by atoms with van der Waals surface area (Å²) in [4.78, 5) is 10.9. The molecule has 0 saturated heterocycles. The van der Waals surface area contributed by atoms with Gasteiger partial charge in [0.05, 0.1) is 6.61 Å². The monoisotopic (exact) mass is 386 g/mol. The predicted molar refractivity (Wildman–Crippen MR) is 72.2 cm³/mol. The second-order valence-electron chi connectivity index (χ2n) is 3.27. The second kappa shape index (κ2) is 6.71. The van der Waals surface area contributed by atoms with Crippen molar-refractivity contribution in [2.24, 2.45) is 0 Å². The molecule has 0 amide bonds. The van der Waals surface area contributed by atoms with Crippen molar-refractivity contribution in [3.05, 3.63) is 33.0 Å². The Kier molecular flexibility index (Phi) is 5.89. The Morgan fingerprint density at radius 2 is 2.24 bits per heavy atom. The highest BCUT2D eigenvalue weighted by Crippen LogP contribution is 2.29. The van der Waals surface area contributed by atoms with E-state index in [0.717, 1.165) is 0 Å². The Labute approximate surface area is 121 Å². The predicted octanol–water partition coefficient (Wildman–Crippen LogP) is 4.11. The summed E-state index contributed by atoms with van der Waals surface area (Å²) < 4.78 is 18.4. The molecule has 0 radical (unpaired) electrons. The molecule has 0 heterocycles. The van der Waals surface area contributed by atoms with Crippen LogP contribution in [0.4, 0.5) is 4.39 Å². The van der Waals surface area contributed by atoms with Gasteiger partial charge < -0.3 is 4.74 Å². The fourth-order valence-electron chi connectivity index (χ4n) is 1.26. The smallest absolute Gasteiger partial charge is 0.320 e. The topological polar surface area (TPSA) is 26.3 Å². The van der Waals surface area contributed by atoms with E-state index in [9.17, 15) is 9.18 Å². The maximum absolute atomic E-state index is 13.0. The Morgan fingerprint density at radius 3 is 2.76 bits per heavy atom. The van der Waals surface area contributed by atoms with Crippen LogP contribution in [-0.2, 0) is 16.0 Å². The molecule has 0 bridgehead atoms. The van der Waals surface area contributed by atoms with Gasteiger partial charge in [-0.2, -0.15) is 0 Å². The molecule has 1 unspecified atom stereocenters. The molecule has 1 aromatic rings. The van der Waals surface area contributed by atoms with Crippen molar-refractivity contribution in [3.63, 3.8) is 0 Å². The number of alkyl halides is 1. The molecule has 94 valence electrons. The van der Waals surface area contributed by atoms with Crippen LogP contribution in [0, 0.1) is 5.82 Å². The number of hydrogen-bond donors (Lipinski definition) is 0. The van der Waals surface area contributed by atoms with E-state index in [1.807, 2.05) is 0 Å². The van der Waals surface area contributed by atoms with Crippen molar-refractivity contribution in [2.75, 3.05) is 6.61 Å². The number of carbonyl (C=O) groups excluding carboxylic acids is 1. The lowest BCUT2D eigenvalue weighted by atomic mass is 10.1. The molecular weight excluding hydrogens is 378 g/mol. The van der Waals surface area contributed by atoms with Gasteiger partial charge in [-0.05, 0) is 31.0 Å². The quantitative estimate of drug-likeness (QED) is 0.573. The molecule has 0 aliphatic rings. The molecule has 0 aliphatic carbocycles. The third-order valence-corrected chi connectivity index (χ3v) is 3.77. The summed E-state index contributed by atoms with van der Waals surface area (Å²) in [6.07, 6.45) is 0.332. The number of hydrogen-bond acceptors (Lipinski definition) is 2. The molecule has 0 aliphatic heterocycles. The minimum atomic E-state index is -0.498. The van der Waals surface area contributed by atoms with Crippen LogP contribution < -0.4 is 0 Å². The summed E-state index contributed by atoms with van der Waals surface area (Å²) in [5, 5.41) is 0.283. The van der Waals surface area contributed by atoms with Gasteiger partial charge in [-0.25, -0.2) is 4.39 Å². The van der Waals surface area contributed by atoms with Gasteiger partial charge >= 0.3 is 5.97 Å². The van der Waals surface area contributed by atoms with Crippen LogP contribution >= 0.6 is 43.5 Å².